The zero-order chi connectivity index (χ0) is 26.5. The van der Waals surface area contributed by atoms with E-state index in [9.17, 15) is 24.0 Å². The fraction of sp³-hybridized carbons (Fsp3) is 0.577. The van der Waals surface area contributed by atoms with Crippen LogP contribution in [0.4, 0.5) is 0 Å². The lowest BCUT2D eigenvalue weighted by Gasteiger charge is -2.43. The quantitative estimate of drug-likeness (QED) is 0.495. The molecule has 11 heteroatoms. The molecule has 2 N–H and O–H groups in total. The summed E-state index contributed by atoms with van der Waals surface area (Å²) >= 11 is 0. The van der Waals surface area contributed by atoms with Crippen LogP contribution < -0.4 is 10.6 Å². The van der Waals surface area contributed by atoms with E-state index < -0.39 is 42.2 Å². The molecule has 0 radical (unpaired) electrons. The fourth-order valence-corrected chi connectivity index (χ4v) is 4.87. The Hall–Kier alpha value is -3.47. The Bertz CT molecular complexity index is 1030. The normalized spacial score (nSPS) is 26.0. The van der Waals surface area contributed by atoms with Gasteiger partial charge in [-0.3, -0.25) is 29.0 Å². The van der Waals surface area contributed by atoms with Crippen LogP contribution in [0.2, 0.25) is 0 Å². The number of fused-ring (bicyclic) bond motifs is 1. The maximum absolute atomic E-state index is 13.5. The third-order valence-corrected chi connectivity index (χ3v) is 6.64. The van der Waals surface area contributed by atoms with Crippen molar-refractivity contribution in [3.8, 4) is 0 Å². The van der Waals surface area contributed by atoms with Gasteiger partial charge in [0.1, 0.15) is 18.1 Å². The predicted octanol–water partition coefficient (Wildman–Crippen LogP) is 1.02. The third-order valence-electron chi connectivity index (χ3n) is 6.64. The van der Waals surface area contributed by atoms with E-state index in [1.165, 1.54) is 10.0 Å². The van der Waals surface area contributed by atoms with Crippen molar-refractivity contribution in [2.45, 2.75) is 83.4 Å². The Balaban J connectivity index is 1.45. The van der Waals surface area contributed by atoms with Gasteiger partial charge in [-0.1, -0.05) is 44.2 Å². The zero-order valence-corrected chi connectivity index (χ0v) is 21.2. The summed E-state index contributed by atoms with van der Waals surface area (Å²) in [6.07, 6.45) is 0.346. The van der Waals surface area contributed by atoms with Gasteiger partial charge in [-0.25, -0.2) is 5.01 Å². The second kappa shape index (κ2) is 11.7. The number of nitrogens with zero attached hydrogens (tertiary/aromatic N) is 2. The van der Waals surface area contributed by atoms with Crippen LogP contribution in [0.25, 0.3) is 0 Å². The van der Waals surface area contributed by atoms with E-state index in [0.29, 0.717) is 19.4 Å². The molecule has 3 aliphatic heterocycles. The van der Waals surface area contributed by atoms with E-state index in [1.54, 1.807) is 0 Å². The molecule has 2 unspecified atom stereocenters. The molecule has 4 rings (SSSR count). The number of esters is 1. The van der Waals surface area contributed by atoms with Gasteiger partial charge >= 0.3 is 5.97 Å². The minimum atomic E-state index is -0.971. The Kier molecular flexibility index (Phi) is 8.42. The second-order valence-electron chi connectivity index (χ2n) is 10.1. The van der Waals surface area contributed by atoms with E-state index in [0.717, 1.165) is 5.56 Å². The van der Waals surface area contributed by atoms with Gasteiger partial charge in [0.15, 0.2) is 0 Å². The number of nitrogens with one attached hydrogen (secondary N) is 2. The first-order chi connectivity index (χ1) is 17.7. The van der Waals surface area contributed by atoms with E-state index in [4.69, 9.17) is 9.47 Å². The van der Waals surface area contributed by atoms with Gasteiger partial charge in [0, 0.05) is 19.4 Å². The SMILES string of the molecule is CC(C)CC(=O)NC1CCC(=O)N2CCC[C@@H](C(=O)N[C@H]3CC(=O)OC3OCc3ccccc3)N2C1=O. The molecule has 0 saturated carbocycles. The number of hydrazine groups is 1. The van der Waals surface area contributed by atoms with Crippen LogP contribution in [0.1, 0.15) is 57.9 Å². The maximum Gasteiger partial charge on any atom is 0.310 e. The smallest absolute Gasteiger partial charge is 0.310 e. The average Bonchev–Trinajstić information content (AvgIpc) is 3.17. The van der Waals surface area contributed by atoms with Gasteiger partial charge in [0.05, 0.1) is 13.0 Å². The topological polar surface area (TPSA) is 134 Å². The minimum absolute atomic E-state index is 0.0671. The van der Waals surface area contributed by atoms with Gasteiger partial charge in [0.25, 0.3) is 5.91 Å². The molecule has 1 aromatic rings. The summed E-state index contributed by atoms with van der Waals surface area (Å²) in [6, 6.07) is 6.77. The third kappa shape index (κ3) is 6.46. The monoisotopic (exact) mass is 514 g/mol. The molecule has 0 spiro atoms. The van der Waals surface area contributed by atoms with E-state index in [1.807, 2.05) is 44.2 Å². The highest BCUT2D eigenvalue weighted by Gasteiger charge is 2.46. The number of benzene rings is 1. The molecule has 3 aliphatic rings. The van der Waals surface area contributed by atoms with Crippen molar-refractivity contribution < 1.29 is 33.4 Å². The predicted molar refractivity (Wildman–Crippen MR) is 130 cm³/mol. The fourth-order valence-electron chi connectivity index (χ4n) is 4.87. The maximum atomic E-state index is 13.5. The zero-order valence-electron chi connectivity index (χ0n) is 21.2. The van der Waals surface area contributed by atoms with E-state index in [-0.39, 0.29) is 50.0 Å². The minimum Gasteiger partial charge on any atom is -0.433 e. The molecule has 3 fully saturated rings. The summed E-state index contributed by atoms with van der Waals surface area (Å²) in [4.78, 5) is 64.2. The molecule has 0 aromatic heterocycles. The Morgan fingerprint density at radius 2 is 1.86 bits per heavy atom. The van der Waals surface area contributed by atoms with Crippen molar-refractivity contribution in [1.29, 1.82) is 0 Å². The van der Waals surface area contributed by atoms with Crippen LogP contribution in [-0.4, -0.2) is 70.6 Å². The number of rotatable bonds is 8. The lowest BCUT2D eigenvalue weighted by Crippen LogP contribution is -2.64. The van der Waals surface area contributed by atoms with Crippen LogP contribution in [0, 0.1) is 5.92 Å². The molecule has 3 heterocycles. The van der Waals surface area contributed by atoms with Crippen LogP contribution in [0.15, 0.2) is 30.3 Å². The highest BCUT2D eigenvalue weighted by atomic mass is 16.7. The largest absolute Gasteiger partial charge is 0.433 e. The van der Waals surface area contributed by atoms with Crippen LogP contribution in [0.5, 0.6) is 0 Å². The van der Waals surface area contributed by atoms with Crippen molar-refractivity contribution in [2.24, 2.45) is 5.92 Å². The van der Waals surface area contributed by atoms with Crippen molar-refractivity contribution in [3.63, 3.8) is 0 Å². The Morgan fingerprint density at radius 1 is 1.11 bits per heavy atom. The van der Waals surface area contributed by atoms with E-state index >= 15 is 0 Å². The van der Waals surface area contributed by atoms with Crippen molar-refractivity contribution in [2.75, 3.05) is 6.54 Å². The molecule has 4 atom stereocenters. The molecule has 4 amide bonds. The molecule has 0 aliphatic carbocycles. The lowest BCUT2D eigenvalue weighted by atomic mass is 10.0. The summed E-state index contributed by atoms with van der Waals surface area (Å²) in [5.74, 6) is -1.92. The summed E-state index contributed by atoms with van der Waals surface area (Å²) in [7, 11) is 0. The van der Waals surface area contributed by atoms with Gasteiger partial charge in [-0.2, -0.15) is 0 Å². The highest BCUT2D eigenvalue weighted by Crippen LogP contribution is 2.26. The van der Waals surface area contributed by atoms with E-state index in [2.05, 4.69) is 10.6 Å². The van der Waals surface area contributed by atoms with Crippen molar-refractivity contribution in [1.82, 2.24) is 20.7 Å². The number of hydrogen-bond donors (Lipinski definition) is 2. The summed E-state index contributed by atoms with van der Waals surface area (Å²) in [5.41, 5.74) is 0.887. The number of hydrogen-bond acceptors (Lipinski definition) is 7. The number of amides is 4. The Labute approximate surface area is 215 Å². The molecule has 200 valence electrons. The summed E-state index contributed by atoms with van der Waals surface area (Å²) in [5, 5.41) is 8.08. The number of ether oxygens (including phenoxy) is 2. The molecule has 11 nitrogen and oxygen atoms in total. The lowest BCUT2D eigenvalue weighted by molar-refractivity contribution is -0.178. The molecule has 1 aromatic carbocycles. The first-order valence-corrected chi connectivity index (χ1v) is 12.8. The molecule has 37 heavy (non-hydrogen) atoms. The molecular weight excluding hydrogens is 480 g/mol. The number of carbonyl (C=O) groups is 5. The van der Waals surface area contributed by atoms with Crippen LogP contribution in [-0.2, 0) is 40.1 Å². The van der Waals surface area contributed by atoms with Crippen molar-refractivity contribution in [3.05, 3.63) is 35.9 Å². The second-order valence-corrected chi connectivity index (χ2v) is 10.1. The molecular formula is C26H34N4O7. The summed E-state index contributed by atoms with van der Waals surface area (Å²) in [6.45, 7) is 4.31. The van der Waals surface area contributed by atoms with Gasteiger partial charge in [0.2, 0.25) is 24.0 Å². The van der Waals surface area contributed by atoms with Gasteiger partial charge in [-0.05, 0) is 30.7 Å². The summed E-state index contributed by atoms with van der Waals surface area (Å²) < 4.78 is 11.0. The number of cyclic esters (lactones) is 1. The van der Waals surface area contributed by atoms with Gasteiger partial charge < -0.3 is 20.1 Å². The Morgan fingerprint density at radius 3 is 2.59 bits per heavy atom. The van der Waals surface area contributed by atoms with Gasteiger partial charge in [-0.15, -0.1) is 0 Å². The van der Waals surface area contributed by atoms with Crippen LogP contribution in [0.3, 0.4) is 0 Å². The first kappa shape index (κ1) is 26.6. The molecule has 0 bridgehead atoms. The average molecular weight is 515 g/mol. The first-order valence-electron chi connectivity index (χ1n) is 12.8. The highest BCUT2D eigenvalue weighted by molar-refractivity contribution is 5.95. The van der Waals surface area contributed by atoms with Crippen molar-refractivity contribution >= 4 is 29.6 Å². The van der Waals surface area contributed by atoms with Crippen LogP contribution >= 0.6 is 0 Å². The standard InChI is InChI=1S/C26H34N4O7/c1-16(2)13-21(31)27-18-10-11-22(32)29-12-6-9-20(30(29)25(18)35)24(34)28-19-14-23(33)37-26(19)36-15-17-7-4-3-5-8-17/h3-5,7-8,16,18-20,26H,6,9-15H2,1-2H3,(H,27,31)(H,28,34)/t18?,19-,20-,26?/m0/s1. The number of carbonyl (C=O) groups excluding carboxylic acids is 5. The molecule has 3 saturated heterocycles.